The maximum Gasteiger partial charge on any atom is 0.225 e. The Labute approximate surface area is 88.7 Å². The molecule has 0 heterocycles. The smallest absolute Gasteiger partial charge is 0.225 e. The van der Waals surface area contributed by atoms with Crippen molar-refractivity contribution in [3.63, 3.8) is 0 Å². The van der Waals surface area contributed by atoms with Crippen molar-refractivity contribution < 1.29 is 9.18 Å². The number of hydrogen-bond acceptors (Lipinski definition) is 1. The highest BCUT2D eigenvalue weighted by Gasteiger charge is 2.32. The second-order valence-corrected chi connectivity index (χ2v) is 4.06. The van der Waals surface area contributed by atoms with Crippen molar-refractivity contribution in [2.45, 2.75) is 19.4 Å². The molecule has 0 spiro atoms. The summed E-state index contributed by atoms with van der Waals surface area (Å²) in [6.07, 6.45) is 1.97. The Bertz CT molecular complexity index is 374. The van der Waals surface area contributed by atoms with Crippen LogP contribution in [0.15, 0.2) is 24.3 Å². The molecule has 2 rings (SSSR count). The molecule has 3 heteroatoms. The summed E-state index contributed by atoms with van der Waals surface area (Å²) in [6, 6.07) is 6.58. The van der Waals surface area contributed by atoms with Crippen LogP contribution in [0.4, 0.5) is 4.39 Å². The van der Waals surface area contributed by atoms with Crippen LogP contribution >= 0.6 is 0 Å². The molecular formula is C12H14FNO. The van der Waals surface area contributed by atoms with E-state index in [4.69, 9.17) is 0 Å². The maximum atomic E-state index is 13.3. The van der Waals surface area contributed by atoms with Crippen molar-refractivity contribution in [2.24, 2.45) is 5.92 Å². The fraction of sp³-hybridized carbons (Fsp3) is 0.417. The Morgan fingerprint density at radius 2 is 2.13 bits per heavy atom. The lowest BCUT2D eigenvalue weighted by Crippen LogP contribution is -2.27. The van der Waals surface area contributed by atoms with E-state index in [0.717, 1.165) is 12.8 Å². The Hall–Kier alpha value is -1.38. The van der Waals surface area contributed by atoms with Gasteiger partial charge in [-0.25, -0.2) is 4.39 Å². The van der Waals surface area contributed by atoms with Gasteiger partial charge in [-0.05, 0) is 18.9 Å². The van der Waals surface area contributed by atoms with E-state index in [1.54, 1.807) is 30.1 Å². The summed E-state index contributed by atoms with van der Waals surface area (Å²) in [6.45, 7) is 0.363. The largest absolute Gasteiger partial charge is 0.341 e. The molecule has 1 aliphatic rings. The van der Waals surface area contributed by atoms with Gasteiger partial charge in [0.25, 0.3) is 0 Å². The summed E-state index contributed by atoms with van der Waals surface area (Å²) in [5, 5.41) is 0. The van der Waals surface area contributed by atoms with Gasteiger partial charge in [0.2, 0.25) is 5.91 Å². The predicted octanol–water partition coefficient (Wildman–Crippen LogP) is 2.19. The summed E-state index contributed by atoms with van der Waals surface area (Å²) in [5.41, 5.74) is 0.578. The van der Waals surface area contributed by atoms with Crippen LogP contribution in [0.3, 0.4) is 0 Å². The van der Waals surface area contributed by atoms with Crippen LogP contribution in [0.25, 0.3) is 0 Å². The zero-order chi connectivity index (χ0) is 10.8. The van der Waals surface area contributed by atoms with E-state index >= 15 is 0 Å². The normalized spacial score (nSPS) is 15.1. The summed E-state index contributed by atoms with van der Waals surface area (Å²) >= 11 is 0. The maximum absolute atomic E-state index is 13.3. The molecule has 0 atom stereocenters. The van der Waals surface area contributed by atoms with Crippen molar-refractivity contribution in [2.75, 3.05) is 7.05 Å². The van der Waals surface area contributed by atoms with Gasteiger partial charge in [0.1, 0.15) is 5.82 Å². The SMILES string of the molecule is CN(Cc1ccccc1F)C(=O)C1CC1. The molecule has 15 heavy (non-hydrogen) atoms. The van der Waals surface area contributed by atoms with Crippen LogP contribution in [0.1, 0.15) is 18.4 Å². The minimum Gasteiger partial charge on any atom is -0.341 e. The number of carbonyl (C=O) groups is 1. The standard InChI is InChI=1S/C12H14FNO/c1-14(12(15)9-6-7-9)8-10-4-2-3-5-11(10)13/h2-5,9H,6-8H2,1H3. The zero-order valence-electron chi connectivity index (χ0n) is 8.74. The van der Waals surface area contributed by atoms with Gasteiger partial charge in [0.15, 0.2) is 0 Å². The van der Waals surface area contributed by atoms with Gasteiger partial charge in [-0.3, -0.25) is 4.79 Å². The van der Waals surface area contributed by atoms with Crippen molar-refractivity contribution in [1.29, 1.82) is 0 Å². The molecule has 1 aromatic carbocycles. The molecule has 0 aliphatic heterocycles. The molecule has 1 aromatic rings. The molecule has 2 nitrogen and oxygen atoms in total. The number of hydrogen-bond donors (Lipinski definition) is 0. The molecule has 1 amide bonds. The third-order valence-corrected chi connectivity index (χ3v) is 2.67. The van der Waals surface area contributed by atoms with Gasteiger partial charge in [-0.2, -0.15) is 0 Å². The molecule has 1 saturated carbocycles. The number of rotatable bonds is 3. The molecule has 0 aromatic heterocycles. The molecule has 80 valence electrons. The predicted molar refractivity (Wildman–Crippen MR) is 55.6 cm³/mol. The van der Waals surface area contributed by atoms with Gasteiger partial charge < -0.3 is 4.90 Å². The van der Waals surface area contributed by atoms with E-state index < -0.39 is 0 Å². The molecule has 0 N–H and O–H groups in total. The van der Waals surface area contributed by atoms with E-state index in [9.17, 15) is 9.18 Å². The number of nitrogens with zero attached hydrogens (tertiary/aromatic N) is 1. The first-order valence-electron chi connectivity index (χ1n) is 5.17. The van der Waals surface area contributed by atoms with Crippen molar-refractivity contribution in [3.8, 4) is 0 Å². The monoisotopic (exact) mass is 207 g/mol. The lowest BCUT2D eigenvalue weighted by molar-refractivity contribution is -0.131. The van der Waals surface area contributed by atoms with E-state index in [-0.39, 0.29) is 17.6 Å². The second-order valence-electron chi connectivity index (χ2n) is 4.06. The first kappa shape index (κ1) is 10.1. The van der Waals surface area contributed by atoms with Crippen LogP contribution in [0, 0.1) is 11.7 Å². The highest BCUT2D eigenvalue weighted by molar-refractivity contribution is 5.80. The Morgan fingerprint density at radius 3 is 2.73 bits per heavy atom. The van der Waals surface area contributed by atoms with E-state index in [2.05, 4.69) is 0 Å². The third-order valence-electron chi connectivity index (χ3n) is 2.67. The Morgan fingerprint density at radius 1 is 1.47 bits per heavy atom. The average Bonchev–Trinajstić information content (AvgIpc) is 3.04. The van der Waals surface area contributed by atoms with Gasteiger partial charge in [0, 0.05) is 25.1 Å². The van der Waals surface area contributed by atoms with Crippen LogP contribution < -0.4 is 0 Å². The highest BCUT2D eigenvalue weighted by Crippen LogP contribution is 2.31. The number of amides is 1. The zero-order valence-corrected chi connectivity index (χ0v) is 8.74. The molecule has 0 bridgehead atoms. The summed E-state index contributed by atoms with van der Waals surface area (Å²) in [5.74, 6) is 0.0907. The fourth-order valence-corrected chi connectivity index (χ4v) is 1.60. The average molecular weight is 207 g/mol. The van der Waals surface area contributed by atoms with Gasteiger partial charge in [-0.1, -0.05) is 18.2 Å². The van der Waals surface area contributed by atoms with Crippen LogP contribution in [0.5, 0.6) is 0 Å². The van der Waals surface area contributed by atoms with Crippen LogP contribution in [-0.4, -0.2) is 17.9 Å². The Balaban J connectivity index is 2.01. The number of carbonyl (C=O) groups excluding carboxylic acids is 1. The molecule has 1 fully saturated rings. The molecule has 1 aliphatic carbocycles. The molecular weight excluding hydrogens is 193 g/mol. The van der Waals surface area contributed by atoms with E-state index in [1.807, 2.05) is 0 Å². The summed E-state index contributed by atoms with van der Waals surface area (Å²) in [7, 11) is 1.73. The number of halogens is 1. The first-order valence-corrected chi connectivity index (χ1v) is 5.17. The van der Waals surface area contributed by atoms with Crippen LogP contribution in [0.2, 0.25) is 0 Å². The highest BCUT2D eigenvalue weighted by atomic mass is 19.1. The topological polar surface area (TPSA) is 20.3 Å². The van der Waals surface area contributed by atoms with Crippen molar-refractivity contribution >= 4 is 5.91 Å². The quantitative estimate of drug-likeness (QED) is 0.744. The first-order chi connectivity index (χ1) is 7.18. The lowest BCUT2D eigenvalue weighted by atomic mass is 10.2. The van der Waals surface area contributed by atoms with E-state index in [1.165, 1.54) is 6.07 Å². The van der Waals surface area contributed by atoms with Crippen LogP contribution in [-0.2, 0) is 11.3 Å². The van der Waals surface area contributed by atoms with Crippen molar-refractivity contribution in [1.82, 2.24) is 4.90 Å². The van der Waals surface area contributed by atoms with Gasteiger partial charge >= 0.3 is 0 Å². The number of benzene rings is 1. The third kappa shape index (κ3) is 2.35. The molecule has 0 unspecified atom stereocenters. The van der Waals surface area contributed by atoms with Crippen molar-refractivity contribution in [3.05, 3.63) is 35.6 Å². The fourth-order valence-electron chi connectivity index (χ4n) is 1.60. The minimum absolute atomic E-state index is 0.137. The molecule has 0 saturated heterocycles. The minimum atomic E-state index is -0.243. The van der Waals surface area contributed by atoms with E-state index in [0.29, 0.717) is 12.1 Å². The Kier molecular flexibility index (Phi) is 2.71. The second kappa shape index (κ2) is 4.01. The summed E-state index contributed by atoms with van der Waals surface area (Å²) < 4.78 is 13.3. The van der Waals surface area contributed by atoms with Gasteiger partial charge in [0.05, 0.1) is 0 Å². The van der Waals surface area contributed by atoms with Gasteiger partial charge in [-0.15, -0.1) is 0 Å². The molecule has 0 radical (unpaired) electrons. The summed E-state index contributed by atoms with van der Waals surface area (Å²) in [4.78, 5) is 13.2. The lowest BCUT2D eigenvalue weighted by Gasteiger charge is -2.17.